The van der Waals surface area contributed by atoms with Gasteiger partial charge < -0.3 is 10.4 Å². The molecule has 1 heterocycles. The van der Waals surface area contributed by atoms with E-state index in [1.165, 1.54) is 10.9 Å². The molecule has 1 atom stereocenters. The third-order valence-electron chi connectivity index (χ3n) is 2.63. The Labute approximate surface area is 125 Å². The van der Waals surface area contributed by atoms with E-state index < -0.39 is 6.04 Å². The normalized spacial score (nSPS) is 12.2. The first-order valence-corrected chi connectivity index (χ1v) is 6.53. The van der Waals surface area contributed by atoms with Gasteiger partial charge in [0.15, 0.2) is 0 Å². The van der Waals surface area contributed by atoms with Crippen LogP contribution in [0, 0.1) is 0 Å². The molecule has 2 aromatic rings. The molecule has 2 rings (SSSR count). The average Bonchev–Trinajstić information content (AvgIpc) is 2.85. The fourth-order valence-electron chi connectivity index (χ4n) is 1.57. The van der Waals surface area contributed by atoms with Gasteiger partial charge in [0.05, 0.1) is 12.8 Å². The lowest BCUT2D eigenvalue weighted by Crippen LogP contribution is -2.24. The highest BCUT2D eigenvalue weighted by atomic mass is 35.5. The molecule has 20 heavy (non-hydrogen) atoms. The molecular weight excluding hydrogens is 303 g/mol. The first kappa shape index (κ1) is 14.8. The Kier molecular flexibility index (Phi) is 4.59. The van der Waals surface area contributed by atoms with E-state index in [1.807, 2.05) is 0 Å². The number of halogens is 2. The molecule has 0 aliphatic heterocycles. The Morgan fingerprint density at radius 3 is 2.60 bits per heavy atom. The molecule has 0 aliphatic carbocycles. The van der Waals surface area contributed by atoms with Crippen molar-refractivity contribution in [2.75, 3.05) is 5.32 Å². The predicted octanol–water partition coefficient (Wildman–Crippen LogP) is 2.28. The van der Waals surface area contributed by atoms with E-state index in [0.29, 0.717) is 21.4 Å². The van der Waals surface area contributed by atoms with E-state index in [0.717, 1.165) is 0 Å². The lowest BCUT2D eigenvalue weighted by Gasteiger charge is -2.12. The van der Waals surface area contributed by atoms with Crippen molar-refractivity contribution in [3.63, 3.8) is 0 Å². The minimum atomic E-state index is -0.583. The third kappa shape index (κ3) is 3.47. The number of aliphatic hydroxyl groups is 1. The molecule has 0 fully saturated rings. The highest BCUT2D eigenvalue weighted by Gasteiger charge is 2.17. The number of carbonyl (C=O) groups is 1. The molecule has 1 aromatic heterocycles. The van der Waals surface area contributed by atoms with Crippen molar-refractivity contribution in [3.05, 3.63) is 40.1 Å². The van der Waals surface area contributed by atoms with Crippen LogP contribution in [0.3, 0.4) is 0 Å². The van der Waals surface area contributed by atoms with Crippen LogP contribution in [0.25, 0.3) is 0 Å². The number of nitrogens with one attached hydrogen (secondary N) is 1. The SMILES string of the molecule is CC(C(=O)Nc1cc(Cl)cc(Cl)c1)n1cc(CO)nn1. The molecule has 1 amide bonds. The minimum Gasteiger partial charge on any atom is -0.390 e. The fourth-order valence-corrected chi connectivity index (χ4v) is 2.09. The largest absolute Gasteiger partial charge is 0.390 e. The van der Waals surface area contributed by atoms with Crippen molar-refractivity contribution in [3.8, 4) is 0 Å². The van der Waals surface area contributed by atoms with Crippen molar-refractivity contribution in [1.29, 1.82) is 0 Å². The summed E-state index contributed by atoms with van der Waals surface area (Å²) in [5.41, 5.74) is 0.900. The zero-order valence-electron chi connectivity index (χ0n) is 10.5. The van der Waals surface area contributed by atoms with Gasteiger partial charge in [-0.25, -0.2) is 4.68 Å². The third-order valence-corrected chi connectivity index (χ3v) is 3.06. The van der Waals surface area contributed by atoms with Gasteiger partial charge in [0.1, 0.15) is 11.7 Å². The summed E-state index contributed by atoms with van der Waals surface area (Å²) in [5, 5.41) is 20.0. The maximum absolute atomic E-state index is 12.1. The van der Waals surface area contributed by atoms with Gasteiger partial charge in [-0.1, -0.05) is 28.4 Å². The van der Waals surface area contributed by atoms with Crippen LogP contribution in [0.5, 0.6) is 0 Å². The molecule has 0 radical (unpaired) electrons. The van der Waals surface area contributed by atoms with Crippen molar-refractivity contribution in [2.45, 2.75) is 19.6 Å². The van der Waals surface area contributed by atoms with Crippen molar-refractivity contribution < 1.29 is 9.90 Å². The number of hydrogen-bond donors (Lipinski definition) is 2. The molecule has 8 heteroatoms. The van der Waals surface area contributed by atoms with E-state index in [1.54, 1.807) is 25.1 Å². The lowest BCUT2D eigenvalue weighted by atomic mass is 10.2. The zero-order chi connectivity index (χ0) is 14.7. The Hall–Kier alpha value is -1.63. The molecule has 106 valence electrons. The van der Waals surface area contributed by atoms with Crippen LogP contribution in [0.15, 0.2) is 24.4 Å². The second kappa shape index (κ2) is 6.21. The molecule has 1 unspecified atom stereocenters. The standard InChI is InChI=1S/C12H12Cl2N4O2/c1-7(18-5-11(6-19)16-17-18)12(20)15-10-3-8(13)2-9(14)4-10/h2-5,7,19H,6H2,1H3,(H,15,20). The number of aliphatic hydroxyl groups excluding tert-OH is 1. The second-order valence-corrected chi connectivity index (χ2v) is 5.04. The highest BCUT2D eigenvalue weighted by Crippen LogP contribution is 2.23. The number of aromatic nitrogens is 3. The predicted molar refractivity (Wildman–Crippen MR) is 75.7 cm³/mol. The van der Waals surface area contributed by atoms with Gasteiger partial charge in [-0.15, -0.1) is 5.10 Å². The van der Waals surface area contributed by atoms with Crippen LogP contribution >= 0.6 is 23.2 Å². The molecule has 0 saturated heterocycles. The fraction of sp³-hybridized carbons (Fsp3) is 0.250. The number of rotatable bonds is 4. The van der Waals surface area contributed by atoms with E-state index >= 15 is 0 Å². The summed E-state index contributed by atoms with van der Waals surface area (Å²) in [6.45, 7) is 1.44. The van der Waals surface area contributed by atoms with Gasteiger partial charge in [0, 0.05) is 15.7 Å². The maximum Gasteiger partial charge on any atom is 0.249 e. The summed E-state index contributed by atoms with van der Waals surface area (Å²) in [6.07, 6.45) is 1.51. The number of benzene rings is 1. The number of anilines is 1. The Balaban J connectivity index is 2.10. The van der Waals surface area contributed by atoms with E-state index in [-0.39, 0.29) is 12.5 Å². The quantitative estimate of drug-likeness (QED) is 0.907. The van der Waals surface area contributed by atoms with Crippen LogP contribution in [0.2, 0.25) is 10.0 Å². The van der Waals surface area contributed by atoms with Gasteiger partial charge >= 0.3 is 0 Å². The molecule has 0 saturated carbocycles. The monoisotopic (exact) mass is 314 g/mol. The van der Waals surface area contributed by atoms with Crippen LogP contribution in [0.1, 0.15) is 18.7 Å². The minimum absolute atomic E-state index is 0.224. The van der Waals surface area contributed by atoms with Crippen LogP contribution in [-0.2, 0) is 11.4 Å². The second-order valence-electron chi connectivity index (χ2n) is 4.17. The number of hydrogen-bond acceptors (Lipinski definition) is 4. The Morgan fingerprint density at radius 1 is 1.40 bits per heavy atom. The van der Waals surface area contributed by atoms with Gasteiger partial charge in [-0.2, -0.15) is 0 Å². The number of amides is 1. The Morgan fingerprint density at radius 2 is 2.05 bits per heavy atom. The van der Waals surface area contributed by atoms with E-state index in [4.69, 9.17) is 28.3 Å². The van der Waals surface area contributed by atoms with Gasteiger partial charge in [-0.05, 0) is 25.1 Å². The summed E-state index contributed by atoms with van der Waals surface area (Å²) < 4.78 is 1.37. The molecule has 6 nitrogen and oxygen atoms in total. The number of carbonyl (C=O) groups excluding carboxylic acids is 1. The van der Waals surface area contributed by atoms with E-state index in [2.05, 4.69) is 15.6 Å². The molecule has 0 aliphatic rings. The molecule has 1 aromatic carbocycles. The summed E-state index contributed by atoms with van der Waals surface area (Å²) in [4.78, 5) is 12.1. The molecular formula is C12H12Cl2N4O2. The molecule has 0 bridgehead atoms. The zero-order valence-corrected chi connectivity index (χ0v) is 12.1. The maximum atomic E-state index is 12.1. The topological polar surface area (TPSA) is 80.0 Å². The summed E-state index contributed by atoms with van der Waals surface area (Å²) in [5.74, 6) is -0.294. The first-order valence-electron chi connectivity index (χ1n) is 5.78. The van der Waals surface area contributed by atoms with Crippen molar-refractivity contribution in [1.82, 2.24) is 15.0 Å². The smallest absolute Gasteiger partial charge is 0.249 e. The van der Waals surface area contributed by atoms with E-state index in [9.17, 15) is 4.79 Å². The van der Waals surface area contributed by atoms with Crippen LogP contribution < -0.4 is 5.32 Å². The van der Waals surface area contributed by atoms with Crippen LogP contribution in [-0.4, -0.2) is 26.0 Å². The molecule has 0 spiro atoms. The Bertz CT molecular complexity index is 609. The van der Waals surface area contributed by atoms with Gasteiger partial charge in [0.25, 0.3) is 0 Å². The van der Waals surface area contributed by atoms with Crippen LogP contribution in [0.4, 0.5) is 5.69 Å². The van der Waals surface area contributed by atoms with Gasteiger partial charge in [0.2, 0.25) is 5.91 Å². The van der Waals surface area contributed by atoms with Crippen molar-refractivity contribution in [2.24, 2.45) is 0 Å². The first-order chi connectivity index (χ1) is 9.49. The summed E-state index contributed by atoms with van der Waals surface area (Å²) >= 11 is 11.7. The van der Waals surface area contributed by atoms with Crippen molar-refractivity contribution >= 4 is 34.8 Å². The average molecular weight is 315 g/mol. The summed E-state index contributed by atoms with van der Waals surface area (Å²) in [6, 6.07) is 4.19. The summed E-state index contributed by atoms with van der Waals surface area (Å²) in [7, 11) is 0. The van der Waals surface area contributed by atoms with Gasteiger partial charge in [-0.3, -0.25) is 4.79 Å². The molecule has 2 N–H and O–H groups in total. The number of nitrogens with zero attached hydrogens (tertiary/aromatic N) is 3. The highest BCUT2D eigenvalue weighted by molar-refractivity contribution is 6.35. The lowest BCUT2D eigenvalue weighted by molar-refractivity contribution is -0.119.